The second kappa shape index (κ2) is 8.29. The Labute approximate surface area is 168 Å². The van der Waals surface area contributed by atoms with Crippen molar-refractivity contribution in [1.82, 2.24) is 0 Å². The molecule has 0 radical (unpaired) electrons. The summed E-state index contributed by atoms with van der Waals surface area (Å²) < 4.78 is 25.6. The van der Waals surface area contributed by atoms with Crippen LogP contribution in [-0.4, -0.2) is 32.4 Å². The number of nitrogens with zero attached hydrogens (tertiary/aromatic N) is 1. The SMILES string of the molecule is CC(=O)c1cccc(NC(=O)[C@H](C)N(c2cc(Cl)cc(Cl)c2)S(C)(=O)=O)c1. The molecule has 0 aliphatic carbocycles. The van der Waals surface area contributed by atoms with Gasteiger partial charge in [-0.1, -0.05) is 35.3 Å². The summed E-state index contributed by atoms with van der Waals surface area (Å²) in [5, 5.41) is 3.11. The summed E-state index contributed by atoms with van der Waals surface area (Å²) in [6.07, 6.45) is 0.988. The summed E-state index contributed by atoms with van der Waals surface area (Å²) in [5.41, 5.74) is 0.995. The Morgan fingerprint density at radius 3 is 2.19 bits per heavy atom. The second-order valence-corrected chi connectivity index (χ2v) is 8.72. The first-order valence-electron chi connectivity index (χ1n) is 7.86. The number of anilines is 2. The molecule has 2 aromatic rings. The van der Waals surface area contributed by atoms with Crippen LogP contribution in [-0.2, 0) is 14.8 Å². The summed E-state index contributed by atoms with van der Waals surface area (Å²) in [4.78, 5) is 24.1. The molecule has 1 amide bonds. The van der Waals surface area contributed by atoms with Gasteiger partial charge < -0.3 is 5.32 Å². The number of benzene rings is 2. The lowest BCUT2D eigenvalue weighted by Gasteiger charge is -2.28. The van der Waals surface area contributed by atoms with Crippen LogP contribution in [0.4, 0.5) is 11.4 Å². The molecule has 1 atom stereocenters. The number of Topliss-reactive ketones (excluding diaryl/α,β-unsaturated/α-hetero) is 1. The highest BCUT2D eigenvalue weighted by Crippen LogP contribution is 2.29. The number of sulfonamides is 1. The molecule has 0 aliphatic rings. The van der Waals surface area contributed by atoms with Crippen molar-refractivity contribution in [3.8, 4) is 0 Å². The summed E-state index contributed by atoms with van der Waals surface area (Å²) in [5.74, 6) is -0.720. The molecule has 1 N–H and O–H groups in total. The zero-order valence-corrected chi connectivity index (χ0v) is 17.2. The largest absolute Gasteiger partial charge is 0.324 e. The van der Waals surface area contributed by atoms with Crippen molar-refractivity contribution in [2.75, 3.05) is 15.9 Å². The molecule has 0 saturated heterocycles. The van der Waals surface area contributed by atoms with Gasteiger partial charge in [0.2, 0.25) is 15.9 Å². The van der Waals surface area contributed by atoms with E-state index in [2.05, 4.69) is 5.32 Å². The third kappa shape index (κ3) is 5.45. The Balaban J connectivity index is 2.35. The summed E-state index contributed by atoms with van der Waals surface area (Å²) in [6.45, 7) is 2.86. The van der Waals surface area contributed by atoms with E-state index in [4.69, 9.17) is 23.2 Å². The van der Waals surface area contributed by atoms with E-state index in [0.29, 0.717) is 11.3 Å². The van der Waals surface area contributed by atoms with E-state index in [-0.39, 0.29) is 21.5 Å². The molecule has 0 fully saturated rings. The molecule has 27 heavy (non-hydrogen) atoms. The Bertz CT molecular complexity index is 972. The lowest BCUT2D eigenvalue weighted by molar-refractivity contribution is -0.116. The van der Waals surface area contributed by atoms with Gasteiger partial charge in [0.05, 0.1) is 11.9 Å². The maximum Gasteiger partial charge on any atom is 0.247 e. The summed E-state index contributed by atoms with van der Waals surface area (Å²) in [7, 11) is -3.81. The Hall–Kier alpha value is -2.09. The molecule has 6 nitrogen and oxygen atoms in total. The minimum Gasteiger partial charge on any atom is -0.324 e. The molecule has 144 valence electrons. The van der Waals surface area contributed by atoms with Gasteiger partial charge in [0.25, 0.3) is 0 Å². The zero-order valence-electron chi connectivity index (χ0n) is 14.9. The van der Waals surface area contributed by atoms with Gasteiger partial charge in [0.15, 0.2) is 5.78 Å². The van der Waals surface area contributed by atoms with Gasteiger partial charge in [-0.2, -0.15) is 0 Å². The van der Waals surface area contributed by atoms with Gasteiger partial charge >= 0.3 is 0 Å². The average Bonchev–Trinajstić information content (AvgIpc) is 2.52. The number of carbonyl (C=O) groups excluding carboxylic acids is 2. The molecular weight excluding hydrogens is 411 g/mol. The topological polar surface area (TPSA) is 83.6 Å². The Morgan fingerprint density at radius 2 is 1.67 bits per heavy atom. The first-order chi connectivity index (χ1) is 12.5. The van der Waals surface area contributed by atoms with Crippen molar-refractivity contribution < 1.29 is 18.0 Å². The highest BCUT2D eigenvalue weighted by atomic mass is 35.5. The molecule has 0 saturated carbocycles. The minimum absolute atomic E-state index is 0.148. The number of hydrogen-bond acceptors (Lipinski definition) is 4. The number of nitrogens with one attached hydrogen (secondary N) is 1. The van der Waals surface area contributed by atoms with E-state index in [9.17, 15) is 18.0 Å². The fraction of sp³-hybridized carbons (Fsp3) is 0.222. The van der Waals surface area contributed by atoms with Crippen LogP contribution in [0.15, 0.2) is 42.5 Å². The highest BCUT2D eigenvalue weighted by Gasteiger charge is 2.29. The van der Waals surface area contributed by atoms with Gasteiger partial charge in [-0.05, 0) is 44.2 Å². The second-order valence-electron chi connectivity index (χ2n) is 5.99. The van der Waals surface area contributed by atoms with Crippen molar-refractivity contribution in [2.45, 2.75) is 19.9 Å². The van der Waals surface area contributed by atoms with E-state index in [1.54, 1.807) is 18.2 Å². The fourth-order valence-corrected chi connectivity index (χ4v) is 4.21. The van der Waals surface area contributed by atoms with E-state index >= 15 is 0 Å². The third-order valence-electron chi connectivity index (χ3n) is 3.73. The van der Waals surface area contributed by atoms with Crippen LogP contribution in [0.5, 0.6) is 0 Å². The molecule has 0 aromatic heterocycles. The molecule has 9 heteroatoms. The van der Waals surface area contributed by atoms with Crippen LogP contribution in [0.25, 0.3) is 0 Å². The molecule has 2 rings (SSSR count). The van der Waals surface area contributed by atoms with E-state index in [0.717, 1.165) is 10.6 Å². The third-order valence-corrected chi connectivity index (χ3v) is 5.41. The lowest BCUT2D eigenvalue weighted by Crippen LogP contribution is -2.45. The van der Waals surface area contributed by atoms with Gasteiger partial charge in [-0.25, -0.2) is 8.42 Å². The number of halogens is 2. The first kappa shape index (κ1) is 21.2. The van der Waals surface area contributed by atoms with E-state index < -0.39 is 22.0 Å². The number of ketones is 1. The van der Waals surface area contributed by atoms with Gasteiger partial charge in [-0.15, -0.1) is 0 Å². The predicted octanol–water partition coefficient (Wildman–Crippen LogP) is 3.99. The molecule has 2 aromatic carbocycles. The maximum atomic E-state index is 12.7. The van der Waals surface area contributed by atoms with Crippen LogP contribution < -0.4 is 9.62 Å². The molecule has 0 spiro atoms. The van der Waals surface area contributed by atoms with Crippen LogP contribution in [0.2, 0.25) is 10.0 Å². The van der Waals surface area contributed by atoms with Crippen molar-refractivity contribution in [3.05, 3.63) is 58.1 Å². The average molecular weight is 429 g/mol. The smallest absolute Gasteiger partial charge is 0.247 e. The number of carbonyl (C=O) groups is 2. The zero-order chi connectivity index (χ0) is 20.4. The van der Waals surface area contributed by atoms with Gasteiger partial charge in [0, 0.05) is 21.3 Å². The Morgan fingerprint density at radius 1 is 1.07 bits per heavy atom. The Kier molecular flexibility index (Phi) is 6.51. The van der Waals surface area contributed by atoms with Crippen molar-refractivity contribution in [2.24, 2.45) is 0 Å². The normalized spacial score (nSPS) is 12.3. The van der Waals surface area contributed by atoms with E-state index in [1.807, 2.05) is 0 Å². The van der Waals surface area contributed by atoms with E-state index in [1.165, 1.54) is 38.1 Å². The summed E-state index contributed by atoms with van der Waals surface area (Å²) in [6, 6.07) is 9.58. The lowest BCUT2D eigenvalue weighted by atomic mass is 10.1. The monoisotopic (exact) mass is 428 g/mol. The van der Waals surface area contributed by atoms with Crippen molar-refractivity contribution >= 4 is 56.3 Å². The highest BCUT2D eigenvalue weighted by molar-refractivity contribution is 7.92. The number of rotatable bonds is 6. The quantitative estimate of drug-likeness (QED) is 0.704. The molecule has 0 unspecified atom stereocenters. The van der Waals surface area contributed by atoms with Crippen LogP contribution >= 0.6 is 23.2 Å². The van der Waals surface area contributed by atoms with Crippen LogP contribution in [0.3, 0.4) is 0 Å². The maximum absolute atomic E-state index is 12.7. The van der Waals surface area contributed by atoms with Gasteiger partial charge in [0.1, 0.15) is 6.04 Å². The standard InChI is InChI=1S/C18H18Cl2N2O4S/c1-11(18(24)21-16-6-4-5-13(7-16)12(2)23)22(27(3,25)26)17-9-14(19)8-15(20)10-17/h4-11H,1-3H3,(H,21,24)/t11-/m0/s1. The fourth-order valence-electron chi connectivity index (χ4n) is 2.54. The summed E-state index contributed by atoms with van der Waals surface area (Å²) >= 11 is 11.9. The minimum atomic E-state index is -3.81. The predicted molar refractivity (Wildman–Crippen MR) is 108 cm³/mol. The molecular formula is C18H18Cl2N2O4S. The van der Waals surface area contributed by atoms with Crippen LogP contribution in [0, 0.1) is 0 Å². The molecule has 0 heterocycles. The molecule has 0 bridgehead atoms. The van der Waals surface area contributed by atoms with Crippen LogP contribution in [0.1, 0.15) is 24.2 Å². The van der Waals surface area contributed by atoms with Gasteiger partial charge in [-0.3, -0.25) is 13.9 Å². The number of hydrogen-bond donors (Lipinski definition) is 1. The van der Waals surface area contributed by atoms with Crippen molar-refractivity contribution in [1.29, 1.82) is 0 Å². The number of amides is 1. The van der Waals surface area contributed by atoms with Crippen molar-refractivity contribution in [3.63, 3.8) is 0 Å². The molecule has 0 aliphatic heterocycles. The first-order valence-corrected chi connectivity index (χ1v) is 10.5.